The van der Waals surface area contributed by atoms with Crippen molar-refractivity contribution in [3.63, 3.8) is 0 Å². The third-order valence-corrected chi connectivity index (χ3v) is 4.10. The summed E-state index contributed by atoms with van der Waals surface area (Å²) in [7, 11) is 0. The average molecular weight is 360 g/mol. The second-order valence-electron chi connectivity index (χ2n) is 5.78. The number of hydrogen-bond acceptors (Lipinski definition) is 5. The van der Waals surface area contributed by atoms with Crippen LogP contribution in [0.2, 0.25) is 0 Å². The topological polar surface area (TPSA) is 81.6 Å². The monoisotopic (exact) mass is 360 g/mol. The van der Waals surface area contributed by atoms with Gasteiger partial charge in [-0.3, -0.25) is 5.32 Å². The normalized spacial score (nSPS) is 23.4. The number of hydroxylamine groups is 4. The van der Waals surface area contributed by atoms with Crippen LogP contribution in [-0.2, 0) is 4.74 Å². The maximum Gasteiger partial charge on any atom is 0.411 e. The predicted octanol–water partition coefficient (Wildman–Crippen LogP) is 4.13. The highest BCUT2D eigenvalue weighted by Gasteiger charge is 2.35. The average Bonchev–Trinajstić information content (AvgIpc) is 2.46. The zero-order valence-electron chi connectivity index (χ0n) is 13.2. The number of nitrogens with zero attached hydrogens (tertiary/aromatic N) is 1. The number of quaternary nitrogens is 1. The van der Waals surface area contributed by atoms with Crippen LogP contribution in [0.25, 0.3) is 0 Å². The Kier molecular flexibility index (Phi) is 5.81. The van der Waals surface area contributed by atoms with Crippen LogP contribution in [0.5, 0.6) is 0 Å². The Hall–Kier alpha value is -1.68. The molecule has 9 heteroatoms. The molecule has 1 aromatic carbocycles. The molecule has 0 saturated heterocycles. The van der Waals surface area contributed by atoms with Gasteiger partial charge in [0.1, 0.15) is 17.8 Å². The second-order valence-corrected chi connectivity index (χ2v) is 6.72. The number of amides is 1. The van der Waals surface area contributed by atoms with E-state index in [1.807, 2.05) is 13.8 Å². The van der Waals surface area contributed by atoms with E-state index < -0.39 is 34.1 Å². The van der Waals surface area contributed by atoms with Gasteiger partial charge in [-0.25, -0.2) is 18.8 Å². The van der Waals surface area contributed by atoms with Crippen molar-refractivity contribution in [2.45, 2.75) is 19.9 Å². The van der Waals surface area contributed by atoms with E-state index in [9.17, 15) is 24.0 Å². The van der Waals surface area contributed by atoms with Crippen molar-refractivity contribution in [3.8, 4) is 0 Å². The number of carbonyl (C=O) groups excluding carboxylic acids is 1. The number of carbonyl (C=O) groups is 1. The molecule has 2 N–H and O–H groups in total. The highest BCUT2D eigenvalue weighted by molar-refractivity contribution is 8.02. The maximum atomic E-state index is 14.3. The summed E-state index contributed by atoms with van der Waals surface area (Å²) in [6, 6.07) is 0.442. The first-order valence-electron chi connectivity index (χ1n) is 7.25. The van der Waals surface area contributed by atoms with Gasteiger partial charge in [-0.2, -0.15) is 4.81 Å². The Morgan fingerprint density at radius 1 is 1.50 bits per heavy atom. The van der Waals surface area contributed by atoms with E-state index in [0.717, 1.165) is 30.1 Å². The minimum atomic E-state index is -1.88. The van der Waals surface area contributed by atoms with Gasteiger partial charge in [0, 0.05) is 11.1 Å². The Bertz CT molecular complexity index is 629. The van der Waals surface area contributed by atoms with Crippen LogP contribution in [0.1, 0.15) is 25.5 Å². The molecule has 0 spiro atoms. The quantitative estimate of drug-likeness (QED) is 0.623. The molecule has 0 radical (unpaired) electrons. The second kappa shape index (κ2) is 7.47. The molecule has 1 aliphatic heterocycles. The van der Waals surface area contributed by atoms with Crippen LogP contribution in [0.3, 0.4) is 0 Å². The third kappa shape index (κ3) is 4.44. The Balaban J connectivity index is 2.20. The lowest BCUT2D eigenvalue weighted by atomic mass is 10.1. The summed E-state index contributed by atoms with van der Waals surface area (Å²) in [6.45, 7) is 3.86. The molecular formula is C15H18F2N2O4S. The van der Waals surface area contributed by atoms with Gasteiger partial charge in [0.25, 0.3) is 0 Å². The van der Waals surface area contributed by atoms with E-state index in [4.69, 9.17) is 4.74 Å². The number of anilines is 1. The van der Waals surface area contributed by atoms with Crippen molar-refractivity contribution in [2.24, 2.45) is 5.92 Å². The summed E-state index contributed by atoms with van der Waals surface area (Å²) in [6.07, 6.45) is 0.0789. The van der Waals surface area contributed by atoms with Crippen LogP contribution in [0.15, 0.2) is 23.7 Å². The van der Waals surface area contributed by atoms with Gasteiger partial charge in [0.05, 0.1) is 17.9 Å². The van der Waals surface area contributed by atoms with Crippen molar-refractivity contribution in [3.05, 3.63) is 46.1 Å². The number of thioether (sulfide) groups is 1. The Morgan fingerprint density at radius 3 is 2.67 bits per heavy atom. The molecular weight excluding hydrogens is 342 g/mol. The van der Waals surface area contributed by atoms with Gasteiger partial charge in [-0.15, -0.1) is 11.8 Å². The summed E-state index contributed by atoms with van der Waals surface area (Å²) >= 11 is 1.16. The van der Waals surface area contributed by atoms with Gasteiger partial charge in [0.2, 0.25) is 0 Å². The van der Waals surface area contributed by atoms with Crippen LogP contribution < -0.4 is 5.32 Å². The van der Waals surface area contributed by atoms with Crippen LogP contribution in [-0.4, -0.2) is 28.5 Å². The SMILES string of the molecule is CC(C)COC(=O)Nc1cc(F)c(C2CSC=C[N+]2([O-])O)c(F)c1. The largest absolute Gasteiger partial charge is 0.593 e. The molecule has 0 aliphatic carbocycles. The molecule has 2 atom stereocenters. The van der Waals surface area contributed by atoms with Crippen molar-refractivity contribution in [1.82, 2.24) is 0 Å². The molecule has 2 unspecified atom stereocenters. The first-order chi connectivity index (χ1) is 11.2. The standard InChI is InChI=1S/C15H18F2N2O4S/c1-9(2)7-23-15(20)18-10-5-11(16)14(12(17)6-10)13-8-24-4-3-19(13,21)22/h3-6,9,13,21H,7-8H2,1-2H3,(H,18,20). The van der Waals surface area contributed by atoms with Gasteiger partial charge in [-0.1, -0.05) is 13.8 Å². The van der Waals surface area contributed by atoms with E-state index in [1.165, 1.54) is 5.41 Å². The molecule has 0 aromatic heterocycles. The zero-order chi connectivity index (χ0) is 17.9. The van der Waals surface area contributed by atoms with Gasteiger partial charge < -0.3 is 9.94 Å². The fraction of sp³-hybridized carbons (Fsp3) is 0.400. The van der Waals surface area contributed by atoms with Gasteiger partial charge in [-0.05, 0) is 18.1 Å². The molecule has 2 rings (SSSR count). The van der Waals surface area contributed by atoms with Crippen molar-refractivity contribution < 1.29 is 28.3 Å². The molecule has 1 aliphatic rings. The van der Waals surface area contributed by atoms with Crippen molar-refractivity contribution in [1.29, 1.82) is 0 Å². The number of hydrogen-bond donors (Lipinski definition) is 2. The van der Waals surface area contributed by atoms with Crippen LogP contribution in [0, 0.1) is 22.8 Å². The fourth-order valence-electron chi connectivity index (χ4n) is 2.13. The molecule has 0 bridgehead atoms. The van der Waals surface area contributed by atoms with Crippen molar-refractivity contribution in [2.75, 3.05) is 17.7 Å². The molecule has 1 heterocycles. The van der Waals surface area contributed by atoms with Gasteiger partial charge in [0.15, 0.2) is 6.04 Å². The third-order valence-electron chi connectivity index (χ3n) is 3.28. The van der Waals surface area contributed by atoms with E-state index >= 15 is 0 Å². The lowest BCUT2D eigenvalue weighted by Crippen LogP contribution is -2.40. The molecule has 1 aromatic rings. The summed E-state index contributed by atoms with van der Waals surface area (Å²) in [4.78, 5) is 9.66. The number of nitrogens with one attached hydrogen (secondary N) is 1. The molecule has 6 nitrogen and oxygen atoms in total. The number of rotatable bonds is 4. The van der Waals surface area contributed by atoms with Crippen LogP contribution >= 0.6 is 11.8 Å². The first kappa shape index (κ1) is 18.7. The number of ether oxygens (including phenoxy) is 1. The molecule has 24 heavy (non-hydrogen) atoms. The van der Waals surface area contributed by atoms with Gasteiger partial charge >= 0.3 is 6.09 Å². The van der Waals surface area contributed by atoms with Crippen LogP contribution in [0.4, 0.5) is 19.3 Å². The maximum absolute atomic E-state index is 14.3. The Morgan fingerprint density at radius 2 is 2.12 bits per heavy atom. The lowest BCUT2D eigenvalue weighted by Gasteiger charge is -2.39. The summed E-state index contributed by atoms with van der Waals surface area (Å²) in [5.74, 6) is -1.91. The molecule has 0 saturated carbocycles. The first-order valence-corrected chi connectivity index (χ1v) is 8.29. The molecule has 1 amide bonds. The smallest absolute Gasteiger partial charge is 0.411 e. The zero-order valence-corrected chi connectivity index (χ0v) is 14.0. The highest BCUT2D eigenvalue weighted by atomic mass is 32.2. The van der Waals surface area contributed by atoms with E-state index in [1.54, 1.807) is 0 Å². The Labute approximate surface area is 142 Å². The van der Waals surface area contributed by atoms with E-state index in [-0.39, 0.29) is 24.0 Å². The highest BCUT2D eigenvalue weighted by Crippen LogP contribution is 2.37. The number of halogens is 2. The van der Waals surface area contributed by atoms with E-state index in [2.05, 4.69) is 5.32 Å². The predicted molar refractivity (Wildman–Crippen MR) is 85.9 cm³/mol. The summed E-state index contributed by atoms with van der Waals surface area (Å²) < 4.78 is 33.4. The minimum absolute atomic E-state index is 0.0214. The van der Waals surface area contributed by atoms with E-state index in [0.29, 0.717) is 0 Å². The fourth-order valence-corrected chi connectivity index (χ4v) is 3.06. The molecule has 0 fully saturated rings. The minimum Gasteiger partial charge on any atom is -0.593 e. The molecule has 132 valence electrons. The lowest BCUT2D eigenvalue weighted by molar-refractivity contribution is -1.05. The summed E-state index contributed by atoms with van der Waals surface area (Å²) in [5.41, 5.74) is -0.658. The number of benzene rings is 1. The van der Waals surface area contributed by atoms with Crippen molar-refractivity contribution >= 4 is 23.5 Å². The summed E-state index contributed by atoms with van der Waals surface area (Å²) in [5, 5.41) is 25.3.